The zero-order chi connectivity index (χ0) is 28.2. The Hall–Kier alpha value is -3.48. The van der Waals surface area contributed by atoms with Crippen molar-refractivity contribution in [2.75, 3.05) is 6.61 Å². The number of halogens is 1. The molecule has 2 bridgehead atoms. The molecule has 3 aliphatic carbocycles. The van der Waals surface area contributed by atoms with E-state index in [0.717, 1.165) is 56.2 Å². The number of hydrogen-bond acceptors (Lipinski definition) is 5. The fraction of sp³-hybridized carbons (Fsp3) is 0.485. The molecule has 7 heteroatoms. The summed E-state index contributed by atoms with van der Waals surface area (Å²) in [5, 5.41) is 3.15. The number of rotatable bonds is 7. The maximum absolute atomic E-state index is 13.7. The fourth-order valence-electron chi connectivity index (χ4n) is 6.94. The Bertz CT molecular complexity index is 1290. The van der Waals surface area contributed by atoms with Gasteiger partial charge >= 0.3 is 5.97 Å². The second-order valence-corrected chi connectivity index (χ2v) is 11.6. The van der Waals surface area contributed by atoms with Crippen molar-refractivity contribution in [3.8, 4) is 0 Å². The smallest absolute Gasteiger partial charge is 0.311 e. The third-order valence-electron chi connectivity index (χ3n) is 8.95. The molecule has 3 aliphatic rings. The lowest BCUT2D eigenvalue weighted by molar-refractivity contribution is -0.151. The van der Waals surface area contributed by atoms with Crippen molar-refractivity contribution in [2.45, 2.75) is 71.3 Å². The summed E-state index contributed by atoms with van der Waals surface area (Å²) in [6.45, 7) is 4.20. The average Bonchev–Trinajstić information content (AvgIpc) is 3.50. The first kappa shape index (κ1) is 28.1. The lowest BCUT2D eigenvalue weighted by Gasteiger charge is -2.30. The van der Waals surface area contributed by atoms with Gasteiger partial charge in [-0.3, -0.25) is 14.6 Å². The van der Waals surface area contributed by atoms with Gasteiger partial charge in [-0.25, -0.2) is 4.39 Å². The largest absolute Gasteiger partial charge is 0.466 e. The van der Waals surface area contributed by atoms with Crippen LogP contribution in [0.15, 0.2) is 64.8 Å². The molecule has 3 fully saturated rings. The second-order valence-electron chi connectivity index (χ2n) is 11.6. The van der Waals surface area contributed by atoms with Crippen molar-refractivity contribution in [3.05, 3.63) is 76.7 Å². The van der Waals surface area contributed by atoms with Crippen LogP contribution >= 0.6 is 0 Å². The number of benzene rings is 2. The lowest BCUT2D eigenvalue weighted by Crippen LogP contribution is -2.48. The Kier molecular flexibility index (Phi) is 8.67. The summed E-state index contributed by atoms with van der Waals surface area (Å²) in [6, 6.07) is 14.3. The molecule has 0 aromatic heterocycles. The summed E-state index contributed by atoms with van der Waals surface area (Å²) >= 11 is 0. The first-order chi connectivity index (χ1) is 19.3. The summed E-state index contributed by atoms with van der Waals surface area (Å²) in [7, 11) is 0. The first-order valence-corrected chi connectivity index (χ1v) is 14.7. The lowest BCUT2D eigenvalue weighted by atomic mass is 9.84. The number of hydrogen-bond donors (Lipinski definition) is 2. The molecule has 2 aromatic carbocycles. The van der Waals surface area contributed by atoms with Gasteiger partial charge in [0.1, 0.15) is 11.5 Å². The van der Waals surface area contributed by atoms with Gasteiger partial charge in [0.15, 0.2) is 0 Å². The first-order valence-electron chi connectivity index (χ1n) is 14.7. The van der Waals surface area contributed by atoms with Gasteiger partial charge in [-0.15, -0.1) is 0 Å². The third-order valence-corrected chi connectivity index (χ3v) is 8.95. The molecule has 3 saturated carbocycles. The van der Waals surface area contributed by atoms with E-state index in [1.165, 1.54) is 23.3 Å². The summed E-state index contributed by atoms with van der Waals surface area (Å²) in [4.78, 5) is 31.5. The number of esters is 1. The highest BCUT2D eigenvalue weighted by Gasteiger charge is 2.52. The molecular weight excluding hydrogens is 505 g/mol. The van der Waals surface area contributed by atoms with Gasteiger partial charge in [-0.05, 0) is 100 Å². The van der Waals surface area contributed by atoms with Gasteiger partial charge in [0, 0.05) is 23.2 Å². The third kappa shape index (κ3) is 6.13. The fourth-order valence-corrected chi connectivity index (χ4v) is 6.94. The number of nitrogens with zero attached hydrogens (tertiary/aromatic N) is 1. The summed E-state index contributed by atoms with van der Waals surface area (Å²) in [5.41, 5.74) is 11.4. The van der Waals surface area contributed by atoms with Gasteiger partial charge in [-0.2, -0.15) is 0 Å². The Balaban J connectivity index is 1.47. The van der Waals surface area contributed by atoms with Gasteiger partial charge in [-0.1, -0.05) is 36.2 Å². The molecule has 0 saturated heterocycles. The molecule has 0 aliphatic heterocycles. The highest BCUT2D eigenvalue weighted by atomic mass is 19.1. The predicted molar refractivity (Wildman–Crippen MR) is 154 cm³/mol. The molecule has 0 spiro atoms. The van der Waals surface area contributed by atoms with E-state index in [2.05, 4.69) is 36.5 Å². The minimum atomic E-state index is -0.343. The van der Waals surface area contributed by atoms with Crippen molar-refractivity contribution in [3.63, 3.8) is 0 Å². The summed E-state index contributed by atoms with van der Waals surface area (Å²) in [5.74, 6) is -0.644. The van der Waals surface area contributed by atoms with Crippen LogP contribution in [0, 0.1) is 36.4 Å². The number of carbonyl (C=O) groups is 2. The number of amides is 1. The van der Waals surface area contributed by atoms with Gasteiger partial charge in [0.25, 0.3) is 5.91 Å². The van der Waals surface area contributed by atoms with E-state index in [9.17, 15) is 14.0 Å². The normalized spacial score (nSPS) is 28.3. The van der Waals surface area contributed by atoms with E-state index in [4.69, 9.17) is 15.5 Å². The molecule has 5 rings (SSSR count). The molecule has 212 valence electrons. The highest BCUT2D eigenvalue weighted by Crippen LogP contribution is 2.49. The van der Waals surface area contributed by atoms with Gasteiger partial charge in [0.05, 0.1) is 18.2 Å². The number of nitrogens with one attached hydrogen (secondary N) is 1. The Labute approximate surface area is 236 Å². The number of aryl methyl sites for hydroxylation is 1. The van der Waals surface area contributed by atoms with Crippen molar-refractivity contribution < 1.29 is 18.7 Å². The van der Waals surface area contributed by atoms with E-state index in [1.54, 1.807) is 12.1 Å². The Morgan fingerprint density at radius 2 is 1.75 bits per heavy atom. The van der Waals surface area contributed by atoms with Crippen molar-refractivity contribution in [1.29, 1.82) is 0 Å². The highest BCUT2D eigenvalue weighted by molar-refractivity contribution is 6.10. The molecule has 3 unspecified atom stereocenters. The van der Waals surface area contributed by atoms with Gasteiger partial charge < -0.3 is 15.8 Å². The second kappa shape index (κ2) is 12.4. The standard InChI is InChI=1S/C33H40FN3O3/c1-3-40-33(39)28-22-12-13-24(19-22)31(28)37-32(38)29(35)27-7-5-4-6-23(18-21-10-8-20(2)9-11-21)30(27)36-26-16-14-25(34)15-17-26/h8-11,14-17,22-24,28,31H,3-7,12-13,18-19,35H2,1-2H3,(H,37,38)/t22?,23?,24?,28-,31+/m0/s1. The topological polar surface area (TPSA) is 93.8 Å². The average molecular weight is 546 g/mol. The van der Waals surface area contributed by atoms with Crippen LogP contribution in [-0.2, 0) is 20.7 Å². The SMILES string of the molecule is CCOC(=O)[C@H]1C2CCC(C2)[C@H]1NC(=O)C(N)=C1CCCCC(Cc2ccc(C)cc2)C1=Nc1ccc(F)cc1. The van der Waals surface area contributed by atoms with Crippen LogP contribution in [-0.4, -0.2) is 30.2 Å². The van der Waals surface area contributed by atoms with Crippen LogP contribution in [0.2, 0.25) is 0 Å². The van der Waals surface area contributed by atoms with E-state index in [1.807, 2.05) is 6.92 Å². The Morgan fingerprint density at radius 3 is 2.48 bits per heavy atom. The predicted octanol–water partition coefficient (Wildman–Crippen LogP) is 5.95. The molecule has 3 N–H and O–H groups in total. The maximum atomic E-state index is 13.7. The minimum Gasteiger partial charge on any atom is -0.466 e. The zero-order valence-corrected chi connectivity index (χ0v) is 23.5. The van der Waals surface area contributed by atoms with Crippen LogP contribution < -0.4 is 11.1 Å². The van der Waals surface area contributed by atoms with Crippen LogP contribution in [0.3, 0.4) is 0 Å². The number of ether oxygens (including phenoxy) is 1. The quantitative estimate of drug-likeness (QED) is 0.256. The Morgan fingerprint density at radius 1 is 1.02 bits per heavy atom. The zero-order valence-electron chi connectivity index (χ0n) is 23.5. The van der Waals surface area contributed by atoms with Gasteiger partial charge in [0.2, 0.25) is 0 Å². The van der Waals surface area contributed by atoms with Crippen molar-refractivity contribution in [2.24, 2.45) is 34.4 Å². The minimum absolute atomic E-state index is 0.0615. The van der Waals surface area contributed by atoms with Crippen molar-refractivity contribution in [1.82, 2.24) is 5.32 Å². The number of carbonyl (C=O) groups excluding carboxylic acids is 2. The maximum Gasteiger partial charge on any atom is 0.311 e. The number of allylic oxidation sites excluding steroid dienone is 1. The molecule has 1 amide bonds. The van der Waals surface area contributed by atoms with E-state index in [0.29, 0.717) is 18.7 Å². The van der Waals surface area contributed by atoms with Crippen LogP contribution in [0.4, 0.5) is 10.1 Å². The molecule has 40 heavy (non-hydrogen) atoms. The number of nitrogens with two attached hydrogens (primary N) is 1. The number of fused-ring (bicyclic) bond motifs is 2. The summed E-state index contributed by atoms with van der Waals surface area (Å²) in [6.07, 6.45) is 7.15. The monoisotopic (exact) mass is 545 g/mol. The summed E-state index contributed by atoms with van der Waals surface area (Å²) < 4.78 is 19.0. The van der Waals surface area contributed by atoms with Crippen molar-refractivity contribution >= 4 is 23.3 Å². The van der Waals surface area contributed by atoms with Crippen LogP contribution in [0.1, 0.15) is 63.0 Å². The van der Waals surface area contributed by atoms with E-state index >= 15 is 0 Å². The molecular formula is C33H40FN3O3. The number of aliphatic imine (C=N–C) groups is 1. The van der Waals surface area contributed by atoms with E-state index < -0.39 is 0 Å². The van der Waals surface area contributed by atoms with Crippen LogP contribution in [0.25, 0.3) is 0 Å². The molecule has 0 radical (unpaired) electrons. The van der Waals surface area contributed by atoms with Crippen LogP contribution in [0.5, 0.6) is 0 Å². The molecule has 5 atom stereocenters. The molecule has 0 heterocycles. The molecule has 6 nitrogen and oxygen atoms in total. The molecule has 2 aromatic rings. The van der Waals surface area contributed by atoms with E-state index in [-0.39, 0.29) is 53.1 Å².